The Bertz CT molecular complexity index is 555. The number of piperidine rings is 1. The molecule has 0 spiro atoms. The third-order valence-electron chi connectivity index (χ3n) is 5.99. The smallest absolute Gasteiger partial charge is 0.248 e. The molecule has 1 unspecified atom stereocenters. The molecule has 3 heterocycles. The normalized spacial score (nSPS) is 28.6. The summed E-state index contributed by atoms with van der Waals surface area (Å²) in [4.78, 5) is 43.0. The van der Waals surface area contributed by atoms with Gasteiger partial charge in [0.15, 0.2) is 0 Å². The van der Waals surface area contributed by atoms with Crippen LogP contribution in [-0.2, 0) is 19.1 Å². The molecule has 3 aliphatic heterocycles. The number of ether oxygens (including phenoxy) is 1. The Kier molecular flexibility index (Phi) is 4.67. The molecule has 4 fully saturated rings. The molecule has 0 bridgehead atoms. The van der Waals surface area contributed by atoms with Crippen LogP contribution in [0.5, 0.6) is 0 Å². The zero-order chi connectivity index (χ0) is 17.4. The summed E-state index contributed by atoms with van der Waals surface area (Å²) in [6.07, 6.45) is 5.32. The number of nitrogens with zero attached hydrogens (tertiary/aromatic N) is 3. The van der Waals surface area contributed by atoms with Crippen molar-refractivity contribution in [2.75, 3.05) is 39.4 Å². The second-order valence-corrected chi connectivity index (χ2v) is 7.66. The third kappa shape index (κ3) is 3.38. The van der Waals surface area contributed by atoms with Crippen LogP contribution in [0, 0.1) is 5.92 Å². The molecule has 4 aliphatic rings. The Morgan fingerprint density at radius 1 is 0.920 bits per heavy atom. The minimum atomic E-state index is -0.255. The Labute approximate surface area is 148 Å². The van der Waals surface area contributed by atoms with E-state index in [4.69, 9.17) is 4.74 Å². The lowest BCUT2D eigenvalue weighted by Crippen LogP contribution is -2.55. The molecule has 1 atom stereocenters. The van der Waals surface area contributed by atoms with Crippen LogP contribution < -0.4 is 0 Å². The predicted octanol–water partition coefficient (Wildman–Crippen LogP) is 0.237. The standard InChI is InChI=1S/C18H27N3O4/c22-16-12-25-11-10-20(16)14-5-8-19(9-6-14)18(24)15-2-1-7-21(15)17(23)13-3-4-13/h13-15H,1-12H2. The zero-order valence-corrected chi connectivity index (χ0v) is 14.7. The lowest BCUT2D eigenvalue weighted by Gasteiger charge is -2.41. The summed E-state index contributed by atoms with van der Waals surface area (Å²) in [7, 11) is 0. The van der Waals surface area contributed by atoms with Gasteiger partial charge in [-0.1, -0.05) is 0 Å². The number of likely N-dealkylation sites (tertiary alicyclic amines) is 2. The summed E-state index contributed by atoms with van der Waals surface area (Å²) in [5, 5.41) is 0. The van der Waals surface area contributed by atoms with E-state index >= 15 is 0 Å². The summed E-state index contributed by atoms with van der Waals surface area (Å²) in [5.41, 5.74) is 0. The van der Waals surface area contributed by atoms with E-state index in [-0.39, 0.29) is 42.3 Å². The van der Waals surface area contributed by atoms with Gasteiger partial charge in [0, 0.05) is 38.1 Å². The van der Waals surface area contributed by atoms with Gasteiger partial charge in [0.05, 0.1) is 6.61 Å². The topological polar surface area (TPSA) is 70.2 Å². The molecule has 3 amide bonds. The maximum atomic E-state index is 12.9. The number of carbonyl (C=O) groups excluding carboxylic acids is 3. The van der Waals surface area contributed by atoms with Crippen molar-refractivity contribution >= 4 is 17.7 Å². The van der Waals surface area contributed by atoms with Crippen LogP contribution in [0.15, 0.2) is 0 Å². The first kappa shape index (κ1) is 16.8. The maximum Gasteiger partial charge on any atom is 0.248 e. The summed E-state index contributed by atoms with van der Waals surface area (Å²) >= 11 is 0. The third-order valence-corrected chi connectivity index (χ3v) is 5.99. The van der Waals surface area contributed by atoms with E-state index in [1.165, 1.54) is 0 Å². The van der Waals surface area contributed by atoms with Crippen LogP contribution in [-0.4, -0.2) is 83.9 Å². The molecule has 3 saturated heterocycles. The van der Waals surface area contributed by atoms with Gasteiger partial charge in [0.2, 0.25) is 17.7 Å². The quantitative estimate of drug-likeness (QED) is 0.732. The zero-order valence-electron chi connectivity index (χ0n) is 14.7. The molecule has 0 aromatic carbocycles. The van der Waals surface area contributed by atoms with Gasteiger partial charge in [0.1, 0.15) is 12.6 Å². The van der Waals surface area contributed by atoms with E-state index in [9.17, 15) is 14.4 Å². The Morgan fingerprint density at radius 2 is 1.68 bits per heavy atom. The summed E-state index contributed by atoms with van der Waals surface area (Å²) in [5.74, 6) is 0.530. The van der Waals surface area contributed by atoms with Crippen molar-refractivity contribution in [2.24, 2.45) is 5.92 Å². The van der Waals surface area contributed by atoms with Crippen molar-refractivity contribution in [3.8, 4) is 0 Å². The van der Waals surface area contributed by atoms with Crippen LogP contribution in [0.25, 0.3) is 0 Å². The molecular weight excluding hydrogens is 322 g/mol. The largest absolute Gasteiger partial charge is 0.370 e. The Hall–Kier alpha value is -1.63. The highest BCUT2D eigenvalue weighted by Crippen LogP contribution is 2.34. The molecule has 1 aliphatic carbocycles. The Balaban J connectivity index is 1.33. The van der Waals surface area contributed by atoms with Crippen LogP contribution in [0.4, 0.5) is 0 Å². The fourth-order valence-corrected chi connectivity index (χ4v) is 4.38. The second-order valence-electron chi connectivity index (χ2n) is 7.66. The molecule has 1 saturated carbocycles. The van der Waals surface area contributed by atoms with Gasteiger partial charge in [-0.25, -0.2) is 0 Å². The van der Waals surface area contributed by atoms with Gasteiger partial charge in [-0.3, -0.25) is 14.4 Å². The molecule has 0 N–H and O–H groups in total. The summed E-state index contributed by atoms with van der Waals surface area (Å²) in [6, 6.07) is -0.0390. The Morgan fingerprint density at radius 3 is 2.36 bits per heavy atom. The van der Waals surface area contributed by atoms with Crippen molar-refractivity contribution in [2.45, 2.75) is 50.6 Å². The monoisotopic (exact) mass is 349 g/mol. The number of hydrogen-bond donors (Lipinski definition) is 0. The van der Waals surface area contributed by atoms with Crippen molar-refractivity contribution in [1.29, 1.82) is 0 Å². The van der Waals surface area contributed by atoms with Gasteiger partial charge in [-0.2, -0.15) is 0 Å². The van der Waals surface area contributed by atoms with E-state index in [1.54, 1.807) is 0 Å². The molecular formula is C18H27N3O4. The number of amides is 3. The fourth-order valence-electron chi connectivity index (χ4n) is 4.38. The average Bonchev–Trinajstić information content (AvgIpc) is 3.38. The second kappa shape index (κ2) is 6.94. The average molecular weight is 349 g/mol. The predicted molar refractivity (Wildman–Crippen MR) is 89.6 cm³/mol. The minimum absolute atomic E-state index is 0.0630. The van der Waals surface area contributed by atoms with E-state index in [0.717, 1.165) is 45.1 Å². The molecule has 25 heavy (non-hydrogen) atoms. The van der Waals surface area contributed by atoms with Gasteiger partial charge in [-0.05, 0) is 38.5 Å². The summed E-state index contributed by atoms with van der Waals surface area (Å²) < 4.78 is 5.20. The van der Waals surface area contributed by atoms with Crippen LogP contribution in [0.2, 0.25) is 0 Å². The number of morpholine rings is 1. The van der Waals surface area contributed by atoms with E-state index < -0.39 is 0 Å². The molecule has 0 aromatic rings. The minimum Gasteiger partial charge on any atom is -0.370 e. The first-order valence-electron chi connectivity index (χ1n) is 9.61. The fraction of sp³-hybridized carbons (Fsp3) is 0.833. The van der Waals surface area contributed by atoms with Crippen molar-refractivity contribution < 1.29 is 19.1 Å². The SMILES string of the molecule is O=C(C1CCCN1C(=O)C1CC1)N1CCC(N2CCOCC2=O)CC1. The highest BCUT2D eigenvalue weighted by Gasteiger charge is 2.42. The number of carbonyl (C=O) groups is 3. The van der Waals surface area contributed by atoms with Gasteiger partial charge < -0.3 is 19.4 Å². The number of hydrogen-bond acceptors (Lipinski definition) is 4. The van der Waals surface area contributed by atoms with Gasteiger partial charge in [-0.15, -0.1) is 0 Å². The highest BCUT2D eigenvalue weighted by atomic mass is 16.5. The van der Waals surface area contributed by atoms with Crippen LogP contribution in [0.1, 0.15) is 38.5 Å². The molecule has 0 radical (unpaired) electrons. The molecule has 0 aromatic heterocycles. The van der Waals surface area contributed by atoms with Crippen molar-refractivity contribution in [3.05, 3.63) is 0 Å². The van der Waals surface area contributed by atoms with Crippen molar-refractivity contribution in [1.82, 2.24) is 14.7 Å². The molecule has 138 valence electrons. The summed E-state index contributed by atoms with van der Waals surface area (Å²) in [6.45, 7) is 3.52. The lowest BCUT2D eigenvalue weighted by molar-refractivity contribution is -0.149. The van der Waals surface area contributed by atoms with Crippen molar-refractivity contribution in [3.63, 3.8) is 0 Å². The molecule has 7 nitrogen and oxygen atoms in total. The highest BCUT2D eigenvalue weighted by molar-refractivity contribution is 5.90. The van der Waals surface area contributed by atoms with E-state index in [2.05, 4.69) is 0 Å². The van der Waals surface area contributed by atoms with E-state index in [0.29, 0.717) is 26.2 Å². The number of rotatable bonds is 3. The molecule has 4 rings (SSSR count). The lowest BCUT2D eigenvalue weighted by atomic mass is 10.0. The van der Waals surface area contributed by atoms with E-state index in [1.807, 2.05) is 14.7 Å². The first-order chi connectivity index (χ1) is 12.1. The van der Waals surface area contributed by atoms with Crippen LogP contribution in [0.3, 0.4) is 0 Å². The van der Waals surface area contributed by atoms with Crippen LogP contribution >= 0.6 is 0 Å². The van der Waals surface area contributed by atoms with Gasteiger partial charge >= 0.3 is 0 Å². The van der Waals surface area contributed by atoms with Gasteiger partial charge in [0.25, 0.3) is 0 Å². The molecule has 7 heteroatoms. The maximum absolute atomic E-state index is 12.9. The first-order valence-corrected chi connectivity index (χ1v) is 9.61.